The van der Waals surface area contributed by atoms with Crippen molar-refractivity contribution in [1.82, 2.24) is 20.3 Å². The van der Waals surface area contributed by atoms with Gasteiger partial charge in [0.2, 0.25) is 5.89 Å². The Kier molecular flexibility index (Phi) is 3.60. The molecule has 3 rings (SSSR count). The van der Waals surface area contributed by atoms with Gasteiger partial charge in [0, 0.05) is 18.2 Å². The number of rotatable bonds is 6. The molecule has 0 amide bonds. The van der Waals surface area contributed by atoms with Crippen molar-refractivity contribution in [2.75, 3.05) is 0 Å². The second-order valence-electron chi connectivity index (χ2n) is 4.77. The first-order chi connectivity index (χ1) is 10.3. The van der Waals surface area contributed by atoms with Gasteiger partial charge in [0.1, 0.15) is 17.9 Å². The van der Waals surface area contributed by atoms with Crippen LogP contribution in [0.15, 0.2) is 46.0 Å². The van der Waals surface area contributed by atoms with Crippen LogP contribution in [0.1, 0.15) is 44.0 Å². The highest BCUT2D eigenvalue weighted by Gasteiger charge is 2.47. The van der Waals surface area contributed by atoms with E-state index in [9.17, 15) is 0 Å². The summed E-state index contributed by atoms with van der Waals surface area (Å²) < 4.78 is 10.7. The van der Waals surface area contributed by atoms with E-state index in [4.69, 9.17) is 8.94 Å². The smallest absolute Gasteiger partial charge is 0.207 e. The van der Waals surface area contributed by atoms with Crippen molar-refractivity contribution in [1.29, 1.82) is 0 Å². The van der Waals surface area contributed by atoms with E-state index in [0.29, 0.717) is 5.89 Å². The Morgan fingerprint density at radius 1 is 1.29 bits per heavy atom. The minimum absolute atomic E-state index is 0.569. The van der Waals surface area contributed by atoms with Crippen LogP contribution in [-0.4, -0.2) is 20.3 Å². The lowest BCUT2D eigenvalue weighted by atomic mass is 9.68. The number of nitrogens with zero attached hydrogens (tertiary/aromatic N) is 3. The molecule has 21 heavy (non-hydrogen) atoms. The molecule has 0 aromatic carbocycles. The van der Waals surface area contributed by atoms with Crippen LogP contribution < -0.4 is 0 Å². The van der Waals surface area contributed by atoms with E-state index in [1.165, 1.54) is 0 Å². The lowest BCUT2D eigenvalue weighted by Crippen LogP contribution is -2.36. The first kappa shape index (κ1) is 13.6. The Balaban J connectivity index is 2.20. The van der Waals surface area contributed by atoms with Crippen LogP contribution in [0.3, 0.4) is 0 Å². The van der Waals surface area contributed by atoms with E-state index in [2.05, 4.69) is 34.2 Å². The number of hydrogen-bond acceptors (Lipinski definition) is 5. The van der Waals surface area contributed by atoms with Gasteiger partial charge in [0.25, 0.3) is 0 Å². The number of hydrogen-bond donors (Lipinski definition) is 1. The van der Waals surface area contributed by atoms with Gasteiger partial charge in [-0.05, 0) is 18.9 Å². The quantitative estimate of drug-likeness (QED) is 0.752. The Morgan fingerprint density at radius 2 is 2.19 bits per heavy atom. The third-order valence-electron chi connectivity index (χ3n) is 3.88. The molecule has 0 aliphatic heterocycles. The van der Waals surface area contributed by atoms with Gasteiger partial charge in [-0.15, -0.1) is 0 Å². The number of H-pyrrole nitrogens is 1. The molecule has 3 aromatic heterocycles. The zero-order valence-corrected chi connectivity index (χ0v) is 12.0. The van der Waals surface area contributed by atoms with Crippen LogP contribution in [0, 0.1) is 5.92 Å². The molecule has 1 N–H and O–H groups in total. The van der Waals surface area contributed by atoms with Gasteiger partial charge in [-0.2, -0.15) is 5.10 Å². The highest BCUT2D eigenvalue weighted by Crippen LogP contribution is 2.46. The van der Waals surface area contributed by atoms with Gasteiger partial charge in [-0.1, -0.05) is 19.0 Å². The van der Waals surface area contributed by atoms with E-state index in [0.717, 1.165) is 30.1 Å². The molecule has 6 nitrogen and oxygen atoms in total. The van der Waals surface area contributed by atoms with E-state index in [-0.39, 0.29) is 0 Å². The summed E-state index contributed by atoms with van der Waals surface area (Å²) in [5.41, 5.74) is 1.10. The van der Waals surface area contributed by atoms with Gasteiger partial charge in [-0.25, -0.2) is 4.98 Å². The van der Waals surface area contributed by atoms with Crippen LogP contribution in [0.5, 0.6) is 0 Å². The molecule has 0 aliphatic rings. The van der Waals surface area contributed by atoms with Crippen LogP contribution in [-0.2, 0) is 5.41 Å². The van der Waals surface area contributed by atoms with Crippen molar-refractivity contribution in [3.8, 4) is 0 Å². The standard InChI is InChI=1S/C15H17N4O2/c1-3-11(12-5-7-17-18-12)15(4-2,13-6-9-21-19-13)14-16-8-10-20-14/h5-10H,3-4H2,1-2H3,(H,17,18). The summed E-state index contributed by atoms with van der Waals surface area (Å²) in [5, 5.41) is 11.4. The van der Waals surface area contributed by atoms with Crippen molar-refractivity contribution in [3.05, 3.63) is 60.2 Å². The molecule has 0 aliphatic carbocycles. The van der Waals surface area contributed by atoms with Crippen LogP contribution >= 0.6 is 0 Å². The Morgan fingerprint density at radius 3 is 2.71 bits per heavy atom. The molecule has 0 bridgehead atoms. The normalized spacial score (nSPS) is 14.4. The fraction of sp³-hybridized carbons (Fsp3) is 0.333. The zero-order chi connectivity index (χ0) is 14.7. The number of nitrogens with one attached hydrogen (secondary N) is 1. The highest BCUT2D eigenvalue weighted by atomic mass is 16.5. The molecule has 0 spiro atoms. The third kappa shape index (κ3) is 2.07. The Labute approximate surface area is 122 Å². The van der Waals surface area contributed by atoms with Crippen molar-refractivity contribution < 1.29 is 8.94 Å². The fourth-order valence-corrected chi connectivity index (χ4v) is 2.94. The highest BCUT2D eigenvalue weighted by molar-refractivity contribution is 5.43. The zero-order valence-electron chi connectivity index (χ0n) is 12.0. The molecule has 3 aromatic rings. The summed E-state index contributed by atoms with van der Waals surface area (Å²) in [6.07, 6.45) is 8.16. The van der Waals surface area contributed by atoms with E-state index < -0.39 is 5.41 Å². The minimum Gasteiger partial charge on any atom is -0.448 e. The average Bonchev–Trinajstić information content (AvgIpc) is 3.27. The number of oxazole rings is 1. The van der Waals surface area contributed by atoms with E-state index in [1.807, 2.05) is 18.3 Å². The second kappa shape index (κ2) is 5.55. The molecular weight excluding hydrogens is 268 g/mol. The molecule has 6 heteroatoms. The molecular formula is C15H17N4O2. The summed E-state index contributed by atoms with van der Waals surface area (Å²) in [5.74, 6) is 1.71. The molecule has 0 saturated heterocycles. The largest absolute Gasteiger partial charge is 0.448 e. The van der Waals surface area contributed by atoms with Gasteiger partial charge >= 0.3 is 0 Å². The SMILES string of the molecule is CC[C](c1cc[nH]n1)C(CC)(c1ccon1)c1ncco1. The molecule has 1 unspecified atom stereocenters. The van der Waals surface area contributed by atoms with E-state index in [1.54, 1.807) is 18.7 Å². The predicted octanol–water partition coefficient (Wildman–Crippen LogP) is 3.11. The summed E-state index contributed by atoms with van der Waals surface area (Å²) in [7, 11) is 0. The molecule has 1 radical (unpaired) electrons. The fourth-order valence-electron chi connectivity index (χ4n) is 2.94. The van der Waals surface area contributed by atoms with Crippen LogP contribution in [0.2, 0.25) is 0 Å². The summed E-state index contributed by atoms with van der Waals surface area (Å²) in [4.78, 5) is 4.39. The van der Waals surface area contributed by atoms with Gasteiger partial charge in [0.05, 0.1) is 17.6 Å². The van der Waals surface area contributed by atoms with Crippen molar-refractivity contribution in [3.63, 3.8) is 0 Å². The maximum absolute atomic E-state index is 5.64. The van der Waals surface area contributed by atoms with Gasteiger partial charge < -0.3 is 8.94 Å². The maximum Gasteiger partial charge on any atom is 0.207 e. The van der Waals surface area contributed by atoms with Crippen molar-refractivity contribution >= 4 is 0 Å². The van der Waals surface area contributed by atoms with Crippen LogP contribution in [0.4, 0.5) is 0 Å². The summed E-state index contributed by atoms with van der Waals surface area (Å²) in [6, 6.07) is 3.81. The van der Waals surface area contributed by atoms with Crippen LogP contribution in [0.25, 0.3) is 0 Å². The van der Waals surface area contributed by atoms with E-state index >= 15 is 0 Å². The second-order valence-corrected chi connectivity index (χ2v) is 4.77. The summed E-state index contributed by atoms with van der Waals surface area (Å²) >= 11 is 0. The molecule has 0 saturated carbocycles. The lowest BCUT2D eigenvalue weighted by molar-refractivity contribution is 0.334. The Bertz CT molecular complexity index is 610. The third-order valence-corrected chi connectivity index (χ3v) is 3.88. The number of aromatic nitrogens is 4. The topological polar surface area (TPSA) is 80.7 Å². The van der Waals surface area contributed by atoms with Crippen molar-refractivity contribution in [2.45, 2.75) is 32.1 Å². The molecule has 109 valence electrons. The average molecular weight is 285 g/mol. The first-order valence-corrected chi connectivity index (χ1v) is 7.00. The minimum atomic E-state index is -0.569. The Hall–Kier alpha value is -2.37. The molecule has 1 atom stereocenters. The van der Waals surface area contributed by atoms with Gasteiger partial charge in [-0.3, -0.25) is 5.10 Å². The predicted molar refractivity (Wildman–Crippen MR) is 75.3 cm³/mol. The molecule has 0 fully saturated rings. The van der Waals surface area contributed by atoms with Gasteiger partial charge in [0.15, 0.2) is 0 Å². The molecule has 3 heterocycles. The van der Waals surface area contributed by atoms with Crippen molar-refractivity contribution in [2.24, 2.45) is 0 Å². The lowest BCUT2D eigenvalue weighted by Gasteiger charge is -2.33. The summed E-state index contributed by atoms with van der Waals surface area (Å²) in [6.45, 7) is 4.18. The number of aromatic amines is 1. The monoisotopic (exact) mass is 285 g/mol. The maximum atomic E-state index is 5.64. The first-order valence-electron chi connectivity index (χ1n) is 7.00.